The predicted octanol–water partition coefficient (Wildman–Crippen LogP) is 0.961. The van der Waals surface area contributed by atoms with Crippen LogP contribution in [0.5, 0.6) is 0 Å². The van der Waals surface area contributed by atoms with Gasteiger partial charge in [-0.15, -0.1) is 0 Å². The Kier molecular flexibility index (Phi) is 3.81. The van der Waals surface area contributed by atoms with E-state index in [2.05, 4.69) is 25.4 Å². The summed E-state index contributed by atoms with van der Waals surface area (Å²) in [4.78, 5) is 11.9. The molecule has 1 N–H and O–H groups in total. The minimum absolute atomic E-state index is 0.240. The third-order valence-corrected chi connectivity index (χ3v) is 2.64. The average Bonchev–Trinajstić information content (AvgIpc) is 2.77. The van der Waals surface area contributed by atoms with E-state index in [1.165, 1.54) is 12.7 Å². The summed E-state index contributed by atoms with van der Waals surface area (Å²) in [6, 6.07) is 0. The van der Waals surface area contributed by atoms with E-state index >= 15 is 0 Å². The van der Waals surface area contributed by atoms with Crippen molar-refractivity contribution >= 4 is 5.82 Å². The summed E-state index contributed by atoms with van der Waals surface area (Å²) in [5.74, 6) is 0.703. The third kappa shape index (κ3) is 2.61. The minimum atomic E-state index is -0.377. The second-order valence-corrected chi connectivity index (χ2v) is 3.81. The van der Waals surface area contributed by atoms with Crippen molar-refractivity contribution in [1.29, 1.82) is 0 Å². The van der Waals surface area contributed by atoms with Gasteiger partial charge in [-0.1, -0.05) is 6.92 Å². The van der Waals surface area contributed by atoms with Crippen molar-refractivity contribution in [3.8, 4) is 0 Å². The van der Waals surface area contributed by atoms with Crippen LogP contribution < -0.4 is 5.32 Å². The van der Waals surface area contributed by atoms with Gasteiger partial charge >= 0.3 is 0 Å². The van der Waals surface area contributed by atoms with Gasteiger partial charge in [0, 0.05) is 20.0 Å². The van der Waals surface area contributed by atoms with Crippen LogP contribution in [0.25, 0.3) is 0 Å². The third-order valence-electron chi connectivity index (χ3n) is 2.64. The molecule has 2 aromatic rings. The van der Waals surface area contributed by atoms with Crippen molar-refractivity contribution in [3.63, 3.8) is 0 Å². The van der Waals surface area contributed by atoms with Crippen molar-refractivity contribution in [3.05, 3.63) is 30.0 Å². The normalized spacial score (nSPS) is 10.6. The highest BCUT2D eigenvalue weighted by atomic mass is 19.1. The molecule has 2 aromatic heterocycles. The van der Waals surface area contributed by atoms with Crippen molar-refractivity contribution in [1.82, 2.24) is 24.7 Å². The summed E-state index contributed by atoms with van der Waals surface area (Å²) in [6.07, 6.45) is 4.07. The maximum Gasteiger partial charge on any atom is 0.186 e. The molecule has 18 heavy (non-hydrogen) atoms. The van der Waals surface area contributed by atoms with E-state index < -0.39 is 0 Å². The first kappa shape index (κ1) is 12.4. The maximum absolute atomic E-state index is 13.8. The number of anilines is 1. The first-order valence-electron chi connectivity index (χ1n) is 5.78. The van der Waals surface area contributed by atoms with Gasteiger partial charge < -0.3 is 5.32 Å². The van der Waals surface area contributed by atoms with Gasteiger partial charge in [-0.3, -0.25) is 4.68 Å². The molecule has 0 radical (unpaired) electrons. The smallest absolute Gasteiger partial charge is 0.186 e. The molecule has 2 rings (SSSR count). The lowest BCUT2D eigenvalue weighted by Crippen LogP contribution is -2.12. The van der Waals surface area contributed by atoms with E-state index in [-0.39, 0.29) is 11.6 Å². The van der Waals surface area contributed by atoms with Crippen molar-refractivity contribution in [2.24, 2.45) is 7.05 Å². The van der Waals surface area contributed by atoms with Crippen LogP contribution >= 0.6 is 0 Å². The van der Waals surface area contributed by atoms with Gasteiger partial charge in [0.05, 0.1) is 5.69 Å². The Morgan fingerprint density at radius 3 is 2.78 bits per heavy atom. The van der Waals surface area contributed by atoms with E-state index in [4.69, 9.17) is 0 Å². The molecule has 0 spiro atoms. The molecule has 0 unspecified atom stereocenters. The van der Waals surface area contributed by atoms with Gasteiger partial charge in [0.25, 0.3) is 0 Å². The molecule has 0 amide bonds. The topological polar surface area (TPSA) is 68.5 Å². The zero-order valence-electron chi connectivity index (χ0n) is 10.4. The van der Waals surface area contributed by atoms with Crippen LogP contribution in [-0.2, 0) is 19.9 Å². The fourth-order valence-corrected chi connectivity index (χ4v) is 1.62. The van der Waals surface area contributed by atoms with Crippen LogP contribution in [0, 0.1) is 5.82 Å². The van der Waals surface area contributed by atoms with E-state index in [1.807, 2.05) is 14.0 Å². The second-order valence-electron chi connectivity index (χ2n) is 3.81. The Balaban J connectivity index is 1.96. The number of halogens is 1. The molecule has 0 bridgehead atoms. The Labute approximate surface area is 104 Å². The highest BCUT2D eigenvalue weighted by molar-refractivity contribution is 5.37. The number of hydrogen-bond donors (Lipinski definition) is 1. The molecule has 96 valence electrons. The number of aromatic nitrogens is 5. The van der Waals surface area contributed by atoms with Gasteiger partial charge in [0.1, 0.15) is 18.5 Å². The monoisotopic (exact) mass is 250 g/mol. The van der Waals surface area contributed by atoms with Gasteiger partial charge in [-0.25, -0.2) is 19.3 Å². The van der Waals surface area contributed by atoms with Crippen LogP contribution in [0.1, 0.15) is 18.4 Å². The largest absolute Gasteiger partial charge is 0.367 e. The van der Waals surface area contributed by atoms with E-state index in [0.29, 0.717) is 25.1 Å². The quantitative estimate of drug-likeness (QED) is 0.856. The van der Waals surface area contributed by atoms with Crippen LogP contribution in [-0.4, -0.2) is 31.3 Å². The molecular weight excluding hydrogens is 235 g/mol. The Hall–Kier alpha value is -2.05. The fourth-order valence-electron chi connectivity index (χ4n) is 1.62. The molecule has 0 aliphatic rings. The molecule has 6 nitrogen and oxygen atoms in total. The number of aryl methyl sites for hydroxylation is 2. The first-order chi connectivity index (χ1) is 8.72. The summed E-state index contributed by atoms with van der Waals surface area (Å²) in [5.41, 5.74) is 0.422. The Bertz CT molecular complexity index is 524. The summed E-state index contributed by atoms with van der Waals surface area (Å²) >= 11 is 0. The number of nitrogens with zero attached hydrogens (tertiary/aromatic N) is 5. The van der Waals surface area contributed by atoms with Crippen molar-refractivity contribution in [2.45, 2.75) is 19.8 Å². The number of nitrogens with one attached hydrogen (secondary N) is 1. The summed E-state index contributed by atoms with van der Waals surface area (Å²) in [5, 5.41) is 6.91. The standard InChI is InChI=1S/C11H15FN6/c1-3-8-10(12)11(16-6-14-8)13-5-4-9-15-7-17-18(9)2/h6-7H,3-5H2,1-2H3,(H,13,14,16). The molecule has 0 aliphatic heterocycles. The van der Waals surface area contributed by atoms with Gasteiger partial charge in [-0.2, -0.15) is 5.10 Å². The lowest BCUT2D eigenvalue weighted by atomic mass is 10.3. The van der Waals surface area contributed by atoms with Crippen LogP contribution in [0.3, 0.4) is 0 Å². The zero-order chi connectivity index (χ0) is 13.0. The van der Waals surface area contributed by atoms with Crippen LogP contribution in [0.15, 0.2) is 12.7 Å². The molecule has 0 saturated heterocycles. The molecule has 0 atom stereocenters. The zero-order valence-corrected chi connectivity index (χ0v) is 10.4. The highest BCUT2D eigenvalue weighted by Crippen LogP contribution is 2.12. The molecule has 0 aromatic carbocycles. The number of rotatable bonds is 5. The van der Waals surface area contributed by atoms with Crippen molar-refractivity contribution < 1.29 is 4.39 Å². The Morgan fingerprint density at radius 1 is 1.28 bits per heavy atom. The van der Waals surface area contributed by atoms with Gasteiger partial charge in [0.15, 0.2) is 11.6 Å². The predicted molar refractivity (Wildman–Crippen MR) is 64.6 cm³/mol. The molecule has 0 saturated carbocycles. The lowest BCUT2D eigenvalue weighted by Gasteiger charge is -2.07. The summed E-state index contributed by atoms with van der Waals surface area (Å²) in [6.45, 7) is 2.40. The molecule has 0 aliphatic carbocycles. The lowest BCUT2D eigenvalue weighted by molar-refractivity contribution is 0.596. The maximum atomic E-state index is 13.8. The molecule has 2 heterocycles. The number of hydrogen-bond acceptors (Lipinski definition) is 5. The van der Waals surface area contributed by atoms with E-state index in [1.54, 1.807) is 4.68 Å². The van der Waals surface area contributed by atoms with Crippen molar-refractivity contribution in [2.75, 3.05) is 11.9 Å². The van der Waals surface area contributed by atoms with Gasteiger partial charge in [0.2, 0.25) is 0 Å². The molecule has 0 fully saturated rings. The Morgan fingerprint density at radius 2 is 2.11 bits per heavy atom. The summed E-state index contributed by atoms with van der Waals surface area (Å²) < 4.78 is 15.5. The SMILES string of the molecule is CCc1ncnc(NCCc2ncnn2C)c1F. The second kappa shape index (κ2) is 5.52. The highest BCUT2D eigenvalue weighted by Gasteiger charge is 2.09. The van der Waals surface area contributed by atoms with E-state index in [0.717, 1.165) is 5.82 Å². The molecular formula is C11H15FN6. The van der Waals surface area contributed by atoms with Gasteiger partial charge in [-0.05, 0) is 6.42 Å². The molecule has 7 heteroatoms. The fraction of sp³-hybridized carbons (Fsp3) is 0.455. The average molecular weight is 250 g/mol. The summed E-state index contributed by atoms with van der Waals surface area (Å²) in [7, 11) is 1.82. The minimum Gasteiger partial charge on any atom is -0.367 e. The van der Waals surface area contributed by atoms with E-state index in [9.17, 15) is 4.39 Å². The first-order valence-corrected chi connectivity index (χ1v) is 5.78. The van der Waals surface area contributed by atoms with Crippen LogP contribution in [0.2, 0.25) is 0 Å². The van der Waals surface area contributed by atoms with Crippen LogP contribution in [0.4, 0.5) is 10.2 Å².